The molecule has 4 N–H and O–H groups in total. The molecule has 0 radical (unpaired) electrons. The van der Waals surface area contributed by atoms with Crippen LogP contribution in [-0.2, 0) is 6.42 Å². The maximum absolute atomic E-state index is 9.78. The van der Waals surface area contributed by atoms with Gasteiger partial charge in [-0.25, -0.2) is 9.97 Å². The van der Waals surface area contributed by atoms with Gasteiger partial charge in [0.05, 0.1) is 6.10 Å². The van der Waals surface area contributed by atoms with E-state index >= 15 is 0 Å². The maximum atomic E-state index is 9.78. The van der Waals surface area contributed by atoms with Crippen LogP contribution in [0.5, 0.6) is 0 Å². The second-order valence-corrected chi connectivity index (χ2v) is 4.94. The average molecular weight is 252 g/mol. The molecule has 0 fully saturated rings. The van der Waals surface area contributed by atoms with Gasteiger partial charge in [0.15, 0.2) is 0 Å². The molecule has 1 atom stereocenters. The van der Waals surface area contributed by atoms with Gasteiger partial charge in [0.25, 0.3) is 0 Å². The van der Waals surface area contributed by atoms with Crippen molar-refractivity contribution in [2.45, 2.75) is 46.6 Å². The van der Waals surface area contributed by atoms with Crippen LogP contribution in [0.2, 0.25) is 0 Å². The van der Waals surface area contributed by atoms with Gasteiger partial charge in [-0.05, 0) is 19.3 Å². The van der Waals surface area contributed by atoms with Crippen LogP contribution in [0.4, 0.5) is 11.6 Å². The van der Waals surface area contributed by atoms with E-state index in [9.17, 15) is 5.11 Å². The van der Waals surface area contributed by atoms with Gasteiger partial charge in [-0.2, -0.15) is 0 Å². The van der Waals surface area contributed by atoms with E-state index < -0.39 is 6.10 Å². The Labute approximate surface area is 109 Å². The number of aliphatic hydroxyl groups excluding tert-OH is 1. The molecule has 0 saturated carbocycles. The summed E-state index contributed by atoms with van der Waals surface area (Å²) in [6.07, 6.45) is 1.40. The van der Waals surface area contributed by atoms with Crippen molar-refractivity contribution < 1.29 is 5.11 Å². The van der Waals surface area contributed by atoms with E-state index in [1.807, 2.05) is 20.8 Å². The molecule has 0 amide bonds. The van der Waals surface area contributed by atoms with Gasteiger partial charge >= 0.3 is 0 Å². The Kier molecular flexibility index (Phi) is 5.34. The number of hydrogen-bond donors (Lipinski definition) is 3. The normalized spacial score (nSPS) is 12.8. The van der Waals surface area contributed by atoms with Crippen molar-refractivity contribution in [1.29, 1.82) is 0 Å². The molecule has 18 heavy (non-hydrogen) atoms. The van der Waals surface area contributed by atoms with Crippen molar-refractivity contribution in [3.05, 3.63) is 11.4 Å². The summed E-state index contributed by atoms with van der Waals surface area (Å²) in [7, 11) is 0. The van der Waals surface area contributed by atoms with Gasteiger partial charge in [-0.1, -0.05) is 20.8 Å². The first-order chi connectivity index (χ1) is 8.45. The van der Waals surface area contributed by atoms with Crippen molar-refractivity contribution in [3.8, 4) is 0 Å². The quantitative estimate of drug-likeness (QED) is 0.718. The second kappa shape index (κ2) is 6.54. The average Bonchev–Trinajstić information content (AvgIpc) is 2.31. The summed E-state index contributed by atoms with van der Waals surface area (Å²) in [5.74, 6) is 2.20. The minimum atomic E-state index is -0.393. The van der Waals surface area contributed by atoms with E-state index in [1.165, 1.54) is 0 Å². The van der Waals surface area contributed by atoms with E-state index in [0.717, 1.165) is 30.0 Å². The monoisotopic (exact) mass is 252 g/mol. The zero-order chi connectivity index (χ0) is 13.7. The molecule has 0 aliphatic heterocycles. The second-order valence-electron chi connectivity index (χ2n) is 4.94. The SMILES string of the molecule is CCCc1nc(N)c(C)c(NCC(O)C(C)C)n1. The lowest BCUT2D eigenvalue weighted by Crippen LogP contribution is -2.25. The van der Waals surface area contributed by atoms with Gasteiger partial charge in [-0.3, -0.25) is 0 Å². The van der Waals surface area contributed by atoms with Gasteiger partial charge in [0, 0.05) is 18.5 Å². The summed E-state index contributed by atoms with van der Waals surface area (Å²) in [5.41, 5.74) is 6.70. The first-order valence-corrected chi connectivity index (χ1v) is 6.50. The Morgan fingerprint density at radius 2 is 2.00 bits per heavy atom. The lowest BCUT2D eigenvalue weighted by molar-refractivity contribution is 0.138. The maximum Gasteiger partial charge on any atom is 0.134 e. The minimum absolute atomic E-state index is 0.215. The predicted octanol–water partition coefficient (Wildman–Crippen LogP) is 1.75. The van der Waals surface area contributed by atoms with E-state index in [0.29, 0.717) is 12.4 Å². The summed E-state index contributed by atoms with van der Waals surface area (Å²) in [6.45, 7) is 8.40. The number of hydrogen-bond acceptors (Lipinski definition) is 5. The number of nitrogen functional groups attached to an aromatic ring is 1. The van der Waals surface area contributed by atoms with Gasteiger partial charge in [0.2, 0.25) is 0 Å². The molecule has 1 aromatic rings. The smallest absolute Gasteiger partial charge is 0.134 e. The molecule has 1 heterocycles. The summed E-state index contributed by atoms with van der Waals surface area (Å²) in [4.78, 5) is 8.69. The lowest BCUT2D eigenvalue weighted by Gasteiger charge is -2.17. The third kappa shape index (κ3) is 3.84. The summed E-state index contributed by atoms with van der Waals surface area (Å²) in [5, 5.41) is 12.9. The largest absolute Gasteiger partial charge is 0.391 e. The fraction of sp³-hybridized carbons (Fsp3) is 0.692. The highest BCUT2D eigenvalue weighted by Crippen LogP contribution is 2.18. The van der Waals surface area contributed by atoms with Crippen molar-refractivity contribution in [2.24, 2.45) is 5.92 Å². The Balaban J connectivity index is 2.80. The molecular formula is C13H24N4O. The number of aromatic nitrogens is 2. The fourth-order valence-electron chi connectivity index (χ4n) is 1.53. The predicted molar refractivity (Wildman–Crippen MR) is 74.5 cm³/mol. The molecule has 0 aromatic carbocycles. The molecule has 0 aliphatic rings. The fourth-order valence-corrected chi connectivity index (χ4v) is 1.53. The van der Waals surface area contributed by atoms with Crippen LogP contribution in [0, 0.1) is 12.8 Å². The molecule has 1 unspecified atom stereocenters. The van der Waals surface area contributed by atoms with Crippen LogP contribution in [0.25, 0.3) is 0 Å². The lowest BCUT2D eigenvalue weighted by atomic mass is 10.1. The number of nitrogens with two attached hydrogens (primary N) is 1. The first kappa shape index (κ1) is 14.7. The Morgan fingerprint density at radius 1 is 1.33 bits per heavy atom. The zero-order valence-electron chi connectivity index (χ0n) is 11.7. The number of nitrogens with one attached hydrogen (secondary N) is 1. The molecule has 1 rings (SSSR count). The summed E-state index contributed by atoms with van der Waals surface area (Å²) < 4.78 is 0. The van der Waals surface area contributed by atoms with E-state index in [2.05, 4.69) is 22.2 Å². The molecule has 0 saturated heterocycles. The number of aryl methyl sites for hydroxylation is 1. The van der Waals surface area contributed by atoms with Crippen LogP contribution >= 0.6 is 0 Å². The number of aliphatic hydroxyl groups is 1. The summed E-state index contributed by atoms with van der Waals surface area (Å²) >= 11 is 0. The first-order valence-electron chi connectivity index (χ1n) is 6.50. The van der Waals surface area contributed by atoms with Gasteiger partial charge in [-0.15, -0.1) is 0 Å². The standard InChI is InChI=1S/C13H24N4O/c1-5-6-11-16-12(14)9(4)13(17-11)15-7-10(18)8(2)3/h8,10,18H,5-7H2,1-4H3,(H3,14,15,16,17). The van der Waals surface area contributed by atoms with Gasteiger partial charge in [0.1, 0.15) is 17.5 Å². The van der Waals surface area contributed by atoms with Crippen molar-refractivity contribution >= 4 is 11.6 Å². The highest BCUT2D eigenvalue weighted by atomic mass is 16.3. The van der Waals surface area contributed by atoms with Crippen LogP contribution in [0.1, 0.15) is 38.6 Å². The highest BCUT2D eigenvalue weighted by Gasteiger charge is 2.12. The highest BCUT2D eigenvalue weighted by molar-refractivity contribution is 5.54. The molecule has 5 nitrogen and oxygen atoms in total. The molecule has 5 heteroatoms. The van der Waals surface area contributed by atoms with Crippen LogP contribution in [0.15, 0.2) is 0 Å². The molecular weight excluding hydrogens is 228 g/mol. The summed E-state index contributed by atoms with van der Waals surface area (Å²) in [6, 6.07) is 0. The van der Waals surface area contributed by atoms with Crippen LogP contribution in [-0.4, -0.2) is 27.7 Å². The number of nitrogens with zero attached hydrogens (tertiary/aromatic N) is 2. The Morgan fingerprint density at radius 3 is 2.56 bits per heavy atom. The molecule has 0 aliphatic carbocycles. The Hall–Kier alpha value is -1.36. The minimum Gasteiger partial charge on any atom is -0.391 e. The van der Waals surface area contributed by atoms with Crippen molar-refractivity contribution in [1.82, 2.24) is 9.97 Å². The molecule has 0 spiro atoms. The topological polar surface area (TPSA) is 84.1 Å². The van der Waals surface area contributed by atoms with E-state index in [-0.39, 0.29) is 5.92 Å². The number of rotatable bonds is 6. The van der Waals surface area contributed by atoms with Crippen LogP contribution in [0.3, 0.4) is 0 Å². The van der Waals surface area contributed by atoms with E-state index in [4.69, 9.17) is 5.73 Å². The molecule has 1 aromatic heterocycles. The van der Waals surface area contributed by atoms with Crippen molar-refractivity contribution in [3.63, 3.8) is 0 Å². The number of anilines is 2. The molecule has 0 bridgehead atoms. The van der Waals surface area contributed by atoms with Gasteiger partial charge < -0.3 is 16.2 Å². The van der Waals surface area contributed by atoms with Crippen molar-refractivity contribution in [2.75, 3.05) is 17.6 Å². The van der Waals surface area contributed by atoms with Crippen LogP contribution < -0.4 is 11.1 Å². The Bertz CT molecular complexity index is 393. The third-order valence-corrected chi connectivity index (χ3v) is 2.95. The van der Waals surface area contributed by atoms with E-state index in [1.54, 1.807) is 0 Å². The zero-order valence-corrected chi connectivity index (χ0v) is 11.7. The third-order valence-electron chi connectivity index (χ3n) is 2.95. The molecule has 102 valence electrons.